The van der Waals surface area contributed by atoms with Gasteiger partial charge in [0.2, 0.25) is 5.91 Å². The van der Waals surface area contributed by atoms with E-state index in [0.717, 1.165) is 43.6 Å². The van der Waals surface area contributed by atoms with Gasteiger partial charge in [0.1, 0.15) is 18.2 Å². The fourth-order valence-electron chi connectivity index (χ4n) is 3.88. The Morgan fingerprint density at radius 1 is 1.19 bits per heavy atom. The number of piperidine rings is 1. The van der Waals surface area contributed by atoms with E-state index in [0.29, 0.717) is 5.75 Å². The van der Waals surface area contributed by atoms with E-state index in [1.54, 1.807) is 6.07 Å². The van der Waals surface area contributed by atoms with E-state index in [4.69, 9.17) is 4.74 Å². The Morgan fingerprint density at radius 2 is 2.00 bits per heavy atom. The van der Waals surface area contributed by atoms with Crippen LogP contribution in [0.2, 0.25) is 0 Å². The molecule has 1 atom stereocenters. The lowest BCUT2D eigenvalue weighted by Gasteiger charge is -2.23. The number of carbonyl (C=O) groups is 1. The van der Waals surface area contributed by atoms with E-state index < -0.39 is 0 Å². The van der Waals surface area contributed by atoms with Crippen molar-refractivity contribution < 1.29 is 13.9 Å². The van der Waals surface area contributed by atoms with Gasteiger partial charge in [-0.25, -0.2) is 4.39 Å². The highest BCUT2D eigenvalue weighted by Crippen LogP contribution is 2.58. The Hall–Kier alpha value is -2.40. The molecule has 0 aromatic heterocycles. The van der Waals surface area contributed by atoms with Gasteiger partial charge in [-0.2, -0.15) is 0 Å². The van der Waals surface area contributed by atoms with Crippen molar-refractivity contribution in [1.29, 1.82) is 0 Å². The first-order chi connectivity index (χ1) is 12.6. The Labute approximate surface area is 152 Å². The minimum absolute atomic E-state index is 0.106. The second kappa shape index (κ2) is 7.08. The summed E-state index contributed by atoms with van der Waals surface area (Å²) in [4.78, 5) is 12.6. The molecule has 5 heteroatoms. The van der Waals surface area contributed by atoms with Crippen LogP contribution in [0.5, 0.6) is 5.75 Å². The van der Waals surface area contributed by atoms with Crippen LogP contribution in [0, 0.1) is 17.2 Å². The van der Waals surface area contributed by atoms with Crippen LogP contribution in [0.25, 0.3) is 0 Å². The van der Waals surface area contributed by atoms with Crippen LogP contribution in [0.3, 0.4) is 0 Å². The lowest BCUT2D eigenvalue weighted by Crippen LogP contribution is -2.31. The first-order valence-corrected chi connectivity index (χ1v) is 9.14. The topological polar surface area (TPSA) is 50.4 Å². The van der Waals surface area contributed by atoms with Gasteiger partial charge in [0.25, 0.3) is 0 Å². The minimum atomic E-state index is -0.275. The molecule has 2 fully saturated rings. The molecule has 4 nitrogen and oxygen atoms in total. The third-order valence-corrected chi connectivity index (χ3v) is 5.50. The highest BCUT2D eigenvalue weighted by molar-refractivity contribution is 5.95. The molecule has 0 bridgehead atoms. The fourth-order valence-corrected chi connectivity index (χ4v) is 3.88. The van der Waals surface area contributed by atoms with Gasteiger partial charge < -0.3 is 15.4 Å². The van der Waals surface area contributed by atoms with Crippen molar-refractivity contribution in [1.82, 2.24) is 5.32 Å². The summed E-state index contributed by atoms with van der Waals surface area (Å²) in [6.45, 7) is 2.30. The molecule has 2 aliphatic rings. The maximum absolute atomic E-state index is 13.2. The first-order valence-electron chi connectivity index (χ1n) is 9.14. The molecule has 1 aliphatic carbocycles. The van der Waals surface area contributed by atoms with Crippen molar-refractivity contribution in [3.05, 3.63) is 59.9 Å². The predicted octanol–water partition coefficient (Wildman–Crippen LogP) is 3.73. The quantitative estimate of drug-likeness (QED) is 0.860. The smallest absolute Gasteiger partial charge is 0.228 e. The van der Waals surface area contributed by atoms with E-state index in [-0.39, 0.29) is 29.7 Å². The molecule has 2 N–H and O–H groups in total. The number of anilines is 1. The van der Waals surface area contributed by atoms with Crippen molar-refractivity contribution in [3.63, 3.8) is 0 Å². The van der Waals surface area contributed by atoms with Gasteiger partial charge >= 0.3 is 0 Å². The van der Waals surface area contributed by atoms with Crippen molar-refractivity contribution in [2.75, 3.05) is 18.4 Å². The molecule has 136 valence electrons. The molecule has 1 aliphatic heterocycles. The molecule has 1 heterocycles. The van der Waals surface area contributed by atoms with E-state index in [2.05, 4.69) is 10.6 Å². The summed E-state index contributed by atoms with van der Waals surface area (Å²) in [6.07, 6.45) is 3.17. The zero-order valence-electron chi connectivity index (χ0n) is 14.6. The molecule has 2 aromatic rings. The predicted molar refractivity (Wildman–Crippen MR) is 98.4 cm³/mol. The Kier molecular flexibility index (Phi) is 4.64. The summed E-state index contributed by atoms with van der Waals surface area (Å²) in [5.41, 5.74) is 1.73. The summed E-state index contributed by atoms with van der Waals surface area (Å²) in [5, 5.41) is 6.38. The van der Waals surface area contributed by atoms with Gasteiger partial charge in [-0.1, -0.05) is 18.2 Å². The average molecular weight is 354 g/mol. The largest absolute Gasteiger partial charge is 0.489 e. The van der Waals surface area contributed by atoms with Gasteiger partial charge in [-0.3, -0.25) is 4.79 Å². The maximum atomic E-state index is 13.2. The van der Waals surface area contributed by atoms with Crippen molar-refractivity contribution in [2.45, 2.75) is 25.9 Å². The molecule has 2 aromatic carbocycles. The summed E-state index contributed by atoms with van der Waals surface area (Å²) < 4.78 is 19.0. The van der Waals surface area contributed by atoms with Crippen molar-refractivity contribution in [3.8, 4) is 5.75 Å². The number of nitrogens with one attached hydrogen (secondary N) is 2. The Morgan fingerprint density at radius 3 is 2.81 bits per heavy atom. The van der Waals surface area contributed by atoms with E-state index in [1.165, 1.54) is 12.1 Å². The number of ether oxygens (including phenoxy) is 1. The minimum Gasteiger partial charge on any atom is -0.489 e. The second-order valence-corrected chi connectivity index (χ2v) is 7.30. The van der Waals surface area contributed by atoms with Crippen LogP contribution in [0.4, 0.5) is 10.1 Å². The highest BCUT2D eigenvalue weighted by Gasteiger charge is 2.57. The van der Waals surface area contributed by atoms with Crippen LogP contribution in [-0.4, -0.2) is 19.0 Å². The van der Waals surface area contributed by atoms with E-state index >= 15 is 0 Å². The van der Waals surface area contributed by atoms with Gasteiger partial charge in [0.15, 0.2) is 0 Å². The number of hydrogen-bond acceptors (Lipinski definition) is 3. The van der Waals surface area contributed by atoms with Crippen LogP contribution in [-0.2, 0) is 11.4 Å². The molecular weight excluding hydrogens is 331 g/mol. The summed E-state index contributed by atoms with van der Waals surface area (Å²) in [6, 6.07) is 13.7. The number of amides is 1. The van der Waals surface area contributed by atoms with Gasteiger partial charge in [-0.05, 0) is 67.6 Å². The second-order valence-electron chi connectivity index (χ2n) is 7.30. The first kappa shape index (κ1) is 17.0. The molecule has 0 radical (unpaired) electrons. The molecule has 1 saturated carbocycles. The number of carbonyl (C=O) groups excluding carboxylic acids is 1. The summed E-state index contributed by atoms with van der Waals surface area (Å²) in [5.74, 6) is 0.610. The zero-order chi connectivity index (χ0) is 18.0. The standard InChI is InChI=1S/C21H23FN2O2/c22-16-4-1-3-15(11-16)14-26-18-6-2-5-17(12-18)24-20(25)19-13-21(19)7-9-23-10-8-21/h1-6,11-12,19,23H,7-10,13-14H2,(H,24,25). The lowest BCUT2D eigenvalue weighted by atomic mass is 9.92. The number of hydrogen-bond donors (Lipinski definition) is 2. The number of benzene rings is 2. The molecule has 4 rings (SSSR count). The molecule has 1 unspecified atom stereocenters. The normalized spacial score (nSPS) is 20.6. The third kappa shape index (κ3) is 3.73. The monoisotopic (exact) mass is 354 g/mol. The third-order valence-electron chi connectivity index (χ3n) is 5.50. The fraction of sp³-hybridized carbons (Fsp3) is 0.381. The molecule has 1 amide bonds. The summed E-state index contributed by atoms with van der Waals surface area (Å²) in [7, 11) is 0. The number of rotatable bonds is 5. The Bertz CT molecular complexity index is 802. The molecule has 1 saturated heterocycles. The highest BCUT2D eigenvalue weighted by atomic mass is 19.1. The van der Waals surface area contributed by atoms with E-state index in [9.17, 15) is 9.18 Å². The zero-order valence-corrected chi connectivity index (χ0v) is 14.6. The van der Waals surface area contributed by atoms with Gasteiger partial charge in [0, 0.05) is 17.7 Å². The SMILES string of the molecule is O=C(Nc1cccc(OCc2cccc(F)c2)c1)C1CC12CCNCC2. The van der Waals surface area contributed by atoms with Crippen LogP contribution < -0.4 is 15.4 Å². The van der Waals surface area contributed by atoms with Crippen LogP contribution >= 0.6 is 0 Å². The van der Waals surface area contributed by atoms with Crippen LogP contribution in [0.1, 0.15) is 24.8 Å². The summed E-state index contributed by atoms with van der Waals surface area (Å²) >= 11 is 0. The Balaban J connectivity index is 1.35. The van der Waals surface area contributed by atoms with E-state index in [1.807, 2.05) is 30.3 Å². The lowest BCUT2D eigenvalue weighted by molar-refractivity contribution is -0.118. The molecular formula is C21H23FN2O2. The number of halogens is 1. The molecule has 26 heavy (non-hydrogen) atoms. The van der Waals surface area contributed by atoms with Crippen molar-refractivity contribution in [2.24, 2.45) is 11.3 Å². The van der Waals surface area contributed by atoms with Crippen LogP contribution in [0.15, 0.2) is 48.5 Å². The molecule has 1 spiro atoms. The average Bonchev–Trinajstić information content (AvgIpc) is 3.34. The van der Waals surface area contributed by atoms with Gasteiger partial charge in [-0.15, -0.1) is 0 Å². The maximum Gasteiger partial charge on any atom is 0.228 e. The van der Waals surface area contributed by atoms with Crippen molar-refractivity contribution >= 4 is 11.6 Å². The van der Waals surface area contributed by atoms with Gasteiger partial charge in [0.05, 0.1) is 0 Å².